The molecule has 1 aliphatic rings. The standard InChI is InChI=1S/C24H29NO5/c1-28-21-13-12-18(15-22(21)29-2)19-6-4-5-7-20(19)25-24(27)17-10-8-16(9-11-17)14-23(26)30-3/h8-13,15,19-20H,4-7,14H2,1-3H3,(H,25,27)/t19-,20-/m1/s1. The minimum Gasteiger partial charge on any atom is -0.493 e. The molecule has 0 bridgehead atoms. The second-order valence-electron chi connectivity index (χ2n) is 7.54. The fraction of sp³-hybridized carbons (Fsp3) is 0.417. The van der Waals surface area contributed by atoms with Crippen molar-refractivity contribution in [2.24, 2.45) is 0 Å². The van der Waals surface area contributed by atoms with Gasteiger partial charge in [0.1, 0.15) is 0 Å². The van der Waals surface area contributed by atoms with Crippen LogP contribution in [0.3, 0.4) is 0 Å². The molecule has 30 heavy (non-hydrogen) atoms. The van der Waals surface area contributed by atoms with E-state index in [0.29, 0.717) is 17.1 Å². The first-order valence-corrected chi connectivity index (χ1v) is 10.2. The van der Waals surface area contributed by atoms with Gasteiger partial charge in [-0.3, -0.25) is 9.59 Å². The van der Waals surface area contributed by atoms with Crippen molar-refractivity contribution < 1.29 is 23.8 Å². The maximum absolute atomic E-state index is 12.9. The van der Waals surface area contributed by atoms with Gasteiger partial charge in [0.05, 0.1) is 27.8 Å². The topological polar surface area (TPSA) is 73.9 Å². The Bertz CT molecular complexity index is 878. The van der Waals surface area contributed by atoms with Gasteiger partial charge in [0.25, 0.3) is 5.91 Å². The van der Waals surface area contributed by atoms with Crippen LogP contribution in [0, 0.1) is 0 Å². The Balaban J connectivity index is 1.72. The van der Waals surface area contributed by atoms with E-state index in [4.69, 9.17) is 9.47 Å². The third-order valence-corrected chi connectivity index (χ3v) is 5.71. The summed E-state index contributed by atoms with van der Waals surface area (Å²) in [5.41, 5.74) is 2.55. The molecule has 0 unspecified atom stereocenters. The number of methoxy groups -OCH3 is 3. The van der Waals surface area contributed by atoms with E-state index in [1.54, 1.807) is 38.5 Å². The molecule has 160 valence electrons. The number of amides is 1. The number of hydrogen-bond donors (Lipinski definition) is 1. The second kappa shape index (κ2) is 10.1. The molecule has 0 saturated heterocycles. The minimum atomic E-state index is -0.299. The summed E-state index contributed by atoms with van der Waals surface area (Å²) in [6, 6.07) is 13.1. The fourth-order valence-electron chi connectivity index (χ4n) is 4.05. The zero-order valence-corrected chi connectivity index (χ0v) is 17.8. The number of benzene rings is 2. The summed E-state index contributed by atoms with van der Waals surface area (Å²) in [4.78, 5) is 24.3. The van der Waals surface area contributed by atoms with Crippen LogP contribution in [0.25, 0.3) is 0 Å². The number of carbonyl (C=O) groups excluding carboxylic acids is 2. The molecule has 2 aromatic carbocycles. The zero-order valence-electron chi connectivity index (χ0n) is 17.8. The molecular formula is C24H29NO5. The van der Waals surface area contributed by atoms with Gasteiger partial charge in [-0.05, 0) is 48.2 Å². The summed E-state index contributed by atoms with van der Waals surface area (Å²) in [6.45, 7) is 0. The zero-order chi connectivity index (χ0) is 21.5. The van der Waals surface area contributed by atoms with E-state index in [9.17, 15) is 9.59 Å². The third kappa shape index (κ3) is 5.12. The minimum absolute atomic E-state index is 0.0547. The molecule has 1 amide bonds. The second-order valence-corrected chi connectivity index (χ2v) is 7.54. The number of rotatable bonds is 7. The SMILES string of the molecule is COC(=O)Cc1ccc(C(=O)N[C@@H]2CCCC[C@@H]2c2ccc(OC)c(OC)c2)cc1. The van der Waals surface area contributed by atoms with Crippen molar-refractivity contribution in [1.82, 2.24) is 5.32 Å². The van der Waals surface area contributed by atoms with Crippen LogP contribution >= 0.6 is 0 Å². The number of ether oxygens (including phenoxy) is 3. The van der Waals surface area contributed by atoms with Crippen molar-refractivity contribution in [2.45, 2.75) is 44.1 Å². The van der Waals surface area contributed by atoms with E-state index in [1.807, 2.05) is 12.1 Å². The number of esters is 1. The molecule has 2 atom stereocenters. The van der Waals surface area contributed by atoms with Gasteiger partial charge in [-0.2, -0.15) is 0 Å². The highest BCUT2D eigenvalue weighted by molar-refractivity contribution is 5.94. The maximum atomic E-state index is 12.9. The average Bonchev–Trinajstić information content (AvgIpc) is 2.79. The predicted molar refractivity (Wildman–Crippen MR) is 114 cm³/mol. The summed E-state index contributed by atoms with van der Waals surface area (Å²) in [7, 11) is 4.62. The van der Waals surface area contributed by atoms with Crippen LogP contribution in [0.15, 0.2) is 42.5 Å². The Morgan fingerprint density at radius 2 is 1.63 bits per heavy atom. The normalized spacial score (nSPS) is 18.4. The van der Waals surface area contributed by atoms with Crippen LogP contribution in [0.5, 0.6) is 11.5 Å². The number of nitrogens with one attached hydrogen (secondary N) is 1. The molecule has 1 saturated carbocycles. The van der Waals surface area contributed by atoms with Gasteiger partial charge in [-0.25, -0.2) is 0 Å². The van der Waals surface area contributed by atoms with Crippen molar-refractivity contribution in [3.05, 3.63) is 59.2 Å². The van der Waals surface area contributed by atoms with Gasteiger partial charge in [-0.1, -0.05) is 31.0 Å². The Morgan fingerprint density at radius 1 is 0.933 bits per heavy atom. The van der Waals surface area contributed by atoms with Gasteiger partial charge < -0.3 is 19.5 Å². The van der Waals surface area contributed by atoms with Gasteiger partial charge in [0.2, 0.25) is 0 Å². The van der Waals surface area contributed by atoms with Gasteiger partial charge >= 0.3 is 5.97 Å². The van der Waals surface area contributed by atoms with Crippen molar-refractivity contribution in [2.75, 3.05) is 21.3 Å². The van der Waals surface area contributed by atoms with E-state index < -0.39 is 0 Å². The van der Waals surface area contributed by atoms with Crippen LogP contribution in [0.1, 0.15) is 53.1 Å². The molecule has 3 rings (SSSR count). The largest absolute Gasteiger partial charge is 0.493 e. The lowest BCUT2D eigenvalue weighted by atomic mass is 9.79. The first kappa shape index (κ1) is 21.7. The van der Waals surface area contributed by atoms with Gasteiger partial charge in [0, 0.05) is 17.5 Å². The molecular weight excluding hydrogens is 382 g/mol. The average molecular weight is 411 g/mol. The Labute approximate surface area is 177 Å². The van der Waals surface area contributed by atoms with Gasteiger partial charge in [0.15, 0.2) is 11.5 Å². The molecule has 6 heteroatoms. The monoisotopic (exact) mass is 411 g/mol. The molecule has 6 nitrogen and oxygen atoms in total. The van der Waals surface area contributed by atoms with E-state index >= 15 is 0 Å². The van der Waals surface area contributed by atoms with Crippen LogP contribution in [0.4, 0.5) is 0 Å². The summed E-state index contributed by atoms with van der Waals surface area (Å²) in [5, 5.41) is 3.22. The first-order chi connectivity index (χ1) is 14.5. The third-order valence-electron chi connectivity index (χ3n) is 5.71. The highest BCUT2D eigenvalue weighted by Gasteiger charge is 2.29. The fourth-order valence-corrected chi connectivity index (χ4v) is 4.05. The quantitative estimate of drug-likeness (QED) is 0.700. The lowest BCUT2D eigenvalue weighted by Gasteiger charge is -2.33. The summed E-state index contributed by atoms with van der Waals surface area (Å²) >= 11 is 0. The maximum Gasteiger partial charge on any atom is 0.309 e. The Morgan fingerprint density at radius 3 is 2.30 bits per heavy atom. The molecule has 0 heterocycles. The smallest absolute Gasteiger partial charge is 0.309 e. The molecule has 0 aliphatic heterocycles. The number of hydrogen-bond acceptors (Lipinski definition) is 5. The molecule has 0 aromatic heterocycles. The van der Waals surface area contributed by atoms with E-state index in [1.165, 1.54) is 7.11 Å². The molecule has 2 aromatic rings. The Kier molecular flexibility index (Phi) is 7.33. The molecule has 1 fully saturated rings. The highest BCUT2D eigenvalue weighted by atomic mass is 16.5. The van der Waals surface area contributed by atoms with Crippen molar-refractivity contribution >= 4 is 11.9 Å². The van der Waals surface area contributed by atoms with Crippen LogP contribution in [0.2, 0.25) is 0 Å². The summed E-state index contributed by atoms with van der Waals surface area (Å²) < 4.78 is 15.5. The molecule has 1 aliphatic carbocycles. The van der Waals surface area contributed by atoms with Crippen LogP contribution in [-0.4, -0.2) is 39.2 Å². The van der Waals surface area contributed by atoms with E-state index in [0.717, 1.165) is 36.8 Å². The van der Waals surface area contributed by atoms with Crippen molar-refractivity contribution in [1.29, 1.82) is 0 Å². The highest BCUT2D eigenvalue weighted by Crippen LogP contribution is 2.37. The Hall–Kier alpha value is -3.02. The van der Waals surface area contributed by atoms with Crippen molar-refractivity contribution in [3.8, 4) is 11.5 Å². The van der Waals surface area contributed by atoms with E-state index in [-0.39, 0.29) is 30.3 Å². The lowest BCUT2D eigenvalue weighted by Crippen LogP contribution is -2.41. The summed E-state index contributed by atoms with van der Waals surface area (Å²) in [6.07, 6.45) is 4.37. The number of carbonyl (C=O) groups is 2. The predicted octanol–water partition coefficient (Wildman–Crippen LogP) is 3.88. The lowest BCUT2D eigenvalue weighted by molar-refractivity contribution is -0.139. The first-order valence-electron chi connectivity index (χ1n) is 10.2. The molecule has 0 spiro atoms. The van der Waals surface area contributed by atoms with Gasteiger partial charge in [-0.15, -0.1) is 0 Å². The van der Waals surface area contributed by atoms with E-state index in [2.05, 4.69) is 16.1 Å². The molecule has 1 N–H and O–H groups in total. The molecule has 0 radical (unpaired) electrons. The van der Waals surface area contributed by atoms with Crippen molar-refractivity contribution in [3.63, 3.8) is 0 Å². The summed E-state index contributed by atoms with van der Waals surface area (Å²) in [5.74, 6) is 1.22. The van der Waals surface area contributed by atoms with Crippen LogP contribution in [-0.2, 0) is 16.0 Å². The van der Waals surface area contributed by atoms with Crippen LogP contribution < -0.4 is 14.8 Å².